The first kappa shape index (κ1) is 12.7. The van der Waals surface area contributed by atoms with Gasteiger partial charge in [-0.25, -0.2) is 0 Å². The Kier molecular flexibility index (Phi) is 3.39. The minimum absolute atomic E-state index is 0.462. The average Bonchev–Trinajstić information content (AvgIpc) is 2.90. The maximum Gasteiger partial charge on any atom is 0.124 e. The number of rotatable bonds is 4. The normalized spacial score (nSPS) is 10.9. The molecule has 1 heterocycles. The number of aromatic nitrogens is 2. The van der Waals surface area contributed by atoms with E-state index in [-0.39, 0.29) is 0 Å². The Labute approximate surface area is 117 Å². The van der Waals surface area contributed by atoms with Gasteiger partial charge in [-0.15, -0.1) is 0 Å². The van der Waals surface area contributed by atoms with Gasteiger partial charge in [-0.1, -0.05) is 30.3 Å². The van der Waals surface area contributed by atoms with E-state index >= 15 is 0 Å². The van der Waals surface area contributed by atoms with Gasteiger partial charge in [0.25, 0.3) is 0 Å². The monoisotopic (exact) mass is 267 g/mol. The molecule has 4 nitrogen and oxygen atoms in total. The molecule has 0 unspecified atom stereocenters. The van der Waals surface area contributed by atoms with E-state index in [9.17, 15) is 0 Å². The van der Waals surface area contributed by atoms with Gasteiger partial charge in [0.2, 0.25) is 0 Å². The molecule has 1 aromatic heterocycles. The van der Waals surface area contributed by atoms with Gasteiger partial charge in [-0.05, 0) is 16.8 Å². The van der Waals surface area contributed by atoms with Crippen molar-refractivity contribution in [2.75, 3.05) is 0 Å². The van der Waals surface area contributed by atoms with E-state index in [1.54, 1.807) is 4.68 Å². The Bertz CT molecular complexity index is 733. The molecule has 0 atom stereocenters. The highest BCUT2D eigenvalue weighted by Crippen LogP contribution is 2.28. The SMILES string of the molecule is Cn1cc(COc2ccc3ccccc3c2CN)cn1. The van der Waals surface area contributed by atoms with Gasteiger partial charge in [0.15, 0.2) is 0 Å². The number of ether oxygens (including phenoxy) is 1. The van der Waals surface area contributed by atoms with Crippen molar-refractivity contribution in [3.05, 3.63) is 59.9 Å². The zero-order chi connectivity index (χ0) is 13.9. The number of fused-ring (bicyclic) bond motifs is 1. The summed E-state index contributed by atoms with van der Waals surface area (Å²) in [7, 11) is 1.89. The van der Waals surface area contributed by atoms with Gasteiger partial charge in [0.1, 0.15) is 12.4 Å². The van der Waals surface area contributed by atoms with Crippen LogP contribution in [-0.2, 0) is 20.2 Å². The van der Waals surface area contributed by atoms with Crippen molar-refractivity contribution >= 4 is 10.8 Å². The molecule has 0 amide bonds. The molecule has 102 valence electrons. The Morgan fingerprint density at radius 2 is 2.05 bits per heavy atom. The van der Waals surface area contributed by atoms with E-state index in [4.69, 9.17) is 10.5 Å². The van der Waals surface area contributed by atoms with Crippen molar-refractivity contribution in [3.63, 3.8) is 0 Å². The standard InChI is InChI=1S/C16H17N3O/c1-19-10-12(9-18-19)11-20-16-7-6-13-4-2-3-5-14(13)15(16)8-17/h2-7,9-10H,8,11,17H2,1H3. The largest absolute Gasteiger partial charge is 0.488 e. The Hall–Kier alpha value is -2.33. The first-order chi connectivity index (χ1) is 9.78. The lowest BCUT2D eigenvalue weighted by atomic mass is 10.0. The molecule has 0 bridgehead atoms. The lowest BCUT2D eigenvalue weighted by Crippen LogP contribution is -2.03. The summed E-state index contributed by atoms with van der Waals surface area (Å²) < 4.78 is 7.67. The molecule has 3 aromatic rings. The molecule has 0 aliphatic heterocycles. The zero-order valence-electron chi connectivity index (χ0n) is 11.4. The van der Waals surface area contributed by atoms with E-state index < -0.39 is 0 Å². The van der Waals surface area contributed by atoms with Crippen LogP contribution in [0.1, 0.15) is 11.1 Å². The van der Waals surface area contributed by atoms with E-state index in [0.717, 1.165) is 22.3 Å². The lowest BCUT2D eigenvalue weighted by Gasteiger charge is -2.12. The van der Waals surface area contributed by atoms with Crippen LogP contribution in [0, 0.1) is 0 Å². The van der Waals surface area contributed by atoms with Crippen LogP contribution in [0.4, 0.5) is 0 Å². The van der Waals surface area contributed by atoms with E-state index in [0.29, 0.717) is 13.2 Å². The molecule has 0 saturated heterocycles. The highest BCUT2D eigenvalue weighted by atomic mass is 16.5. The molecule has 0 fully saturated rings. The fourth-order valence-corrected chi connectivity index (χ4v) is 2.37. The Morgan fingerprint density at radius 3 is 2.80 bits per heavy atom. The van der Waals surface area contributed by atoms with Gasteiger partial charge in [0, 0.05) is 30.9 Å². The number of benzene rings is 2. The van der Waals surface area contributed by atoms with Gasteiger partial charge >= 0.3 is 0 Å². The van der Waals surface area contributed by atoms with Crippen LogP contribution in [-0.4, -0.2) is 9.78 Å². The fourth-order valence-electron chi connectivity index (χ4n) is 2.37. The van der Waals surface area contributed by atoms with Crippen molar-refractivity contribution in [2.45, 2.75) is 13.2 Å². The van der Waals surface area contributed by atoms with Gasteiger partial charge in [-0.3, -0.25) is 4.68 Å². The third-order valence-electron chi connectivity index (χ3n) is 3.35. The van der Waals surface area contributed by atoms with Gasteiger partial charge < -0.3 is 10.5 Å². The molecule has 0 aliphatic rings. The number of hydrogen-bond donors (Lipinski definition) is 1. The predicted octanol–water partition coefficient (Wildman–Crippen LogP) is 2.61. The van der Waals surface area contributed by atoms with E-state index in [1.165, 1.54) is 5.39 Å². The molecule has 0 spiro atoms. The third kappa shape index (κ3) is 2.38. The van der Waals surface area contributed by atoms with Crippen LogP contribution >= 0.6 is 0 Å². The molecule has 3 rings (SSSR count). The molecular formula is C16H17N3O. The summed E-state index contributed by atoms with van der Waals surface area (Å²) in [6, 6.07) is 12.3. The molecule has 0 saturated carbocycles. The quantitative estimate of drug-likeness (QED) is 0.790. The number of nitrogens with two attached hydrogens (primary N) is 1. The second-order valence-electron chi connectivity index (χ2n) is 4.78. The number of nitrogens with zero attached hydrogens (tertiary/aromatic N) is 2. The summed E-state index contributed by atoms with van der Waals surface area (Å²) in [6.45, 7) is 0.961. The highest BCUT2D eigenvalue weighted by molar-refractivity contribution is 5.87. The van der Waals surface area contributed by atoms with Crippen LogP contribution in [0.5, 0.6) is 5.75 Å². The zero-order valence-corrected chi connectivity index (χ0v) is 11.4. The number of hydrogen-bond acceptors (Lipinski definition) is 3. The second-order valence-corrected chi connectivity index (χ2v) is 4.78. The fraction of sp³-hybridized carbons (Fsp3) is 0.188. The summed E-state index contributed by atoms with van der Waals surface area (Å²) in [5.41, 5.74) is 7.99. The topological polar surface area (TPSA) is 53.1 Å². The van der Waals surface area contributed by atoms with Gasteiger partial charge in [-0.2, -0.15) is 5.10 Å². The molecular weight excluding hydrogens is 250 g/mol. The summed E-state index contributed by atoms with van der Waals surface area (Å²) >= 11 is 0. The van der Waals surface area contributed by atoms with Crippen molar-refractivity contribution < 1.29 is 4.74 Å². The molecule has 2 aromatic carbocycles. The van der Waals surface area contributed by atoms with Crippen LogP contribution in [0.3, 0.4) is 0 Å². The second kappa shape index (κ2) is 5.35. The van der Waals surface area contributed by atoms with Gasteiger partial charge in [0.05, 0.1) is 6.20 Å². The third-order valence-corrected chi connectivity index (χ3v) is 3.35. The summed E-state index contributed by atoms with van der Waals surface area (Å²) in [4.78, 5) is 0. The minimum Gasteiger partial charge on any atom is -0.488 e. The maximum atomic E-state index is 5.90. The smallest absolute Gasteiger partial charge is 0.124 e. The average molecular weight is 267 g/mol. The maximum absolute atomic E-state index is 5.90. The van der Waals surface area contributed by atoms with E-state index in [2.05, 4.69) is 23.3 Å². The van der Waals surface area contributed by atoms with Crippen LogP contribution in [0.2, 0.25) is 0 Å². The van der Waals surface area contributed by atoms with Crippen LogP contribution < -0.4 is 10.5 Å². The van der Waals surface area contributed by atoms with Crippen molar-refractivity contribution in [3.8, 4) is 5.75 Å². The molecule has 2 N–H and O–H groups in total. The minimum atomic E-state index is 0.462. The van der Waals surface area contributed by atoms with Crippen molar-refractivity contribution in [2.24, 2.45) is 12.8 Å². The van der Waals surface area contributed by atoms with E-state index in [1.807, 2.05) is 37.6 Å². The Balaban J connectivity index is 1.91. The molecule has 20 heavy (non-hydrogen) atoms. The molecule has 0 radical (unpaired) electrons. The van der Waals surface area contributed by atoms with Crippen molar-refractivity contribution in [1.82, 2.24) is 9.78 Å². The first-order valence-electron chi connectivity index (χ1n) is 6.59. The van der Waals surface area contributed by atoms with Crippen LogP contribution in [0.15, 0.2) is 48.8 Å². The van der Waals surface area contributed by atoms with Crippen LogP contribution in [0.25, 0.3) is 10.8 Å². The molecule has 0 aliphatic carbocycles. The Morgan fingerprint density at radius 1 is 1.20 bits per heavy atom. The highest BCUT2D eigenvalue weighted by Gasteiger charge is 2.08. The first-order valence-corrected chi connectivity index (χ1v) is 6.59. The number of aryl methyl sites for hydroxylation is 1. The lowest BCUT2D eigenvalue weighted by molar-refractivity contribution is 0.303. The summed E-state index contributed by atoms with van der Waals surface area (Å²) in [6.07, 6.45) is 3.76. The summed E-state index contributed by atoms with van der Waals surface area (Å²) in [5.74, 6) is 0.843. The predicted molar refractivity (Wildman–Crippen MR) is 79.4 cm³/mol. The van der Waals surface area contributed by atoms with Crippen molar-refractivity contribution in [1.29, 1.82) is 0 Å². The molecule has 4 heteroatoms. The summed E-state index contributed by atoms with van der Waals surface area (Å²) in [5, 5.41) is 6.47.